The first-order chi connectivity index (χ1) is 6.63. The van der Waals surface area contributed by atoms with E-state index in [2.05, 4.69) is 15.2 Å². The molecule has 0 bridgehead atoms. The molecule has 0 aliphatic heterocycles. The van der Waals surface area contributed by atoms with Gasteiger partial charge in [-0.15, -0.1) is 5.10 Å². The van der Waals surface area contributed by atoms with E-state index in [1.807, 2.05) is 6.92 Å². The molecule has 0 aromatic carbocycles. The lowest BCUT2D eigenvalue weighted by molar-refractivity contribution is -0.136. The van der Waals surface area contributed by atoms with Gasteiger partial charge in [0.05, 0.1) is 0 Å². The van der Waals surface area contributed by atoms with E-state index in [-0.39, 0.29) is 5.95 Å². The molecule has 0 fully saturated rings. The first-order valence-corrected chi connectivity index (χ1v) is 5.08. The minimum atomic E-state index is -0.847. The zero-order valence-corrected chi connectivity index (χ0v) is 8.54. The van der Waals surface area contributed by atoms with Gasteiger partial charge in [-0.1, -0.05) is 25.1 Å². The number of nitrogens with one attached hydrogen (secondary N) is 1. The minimum absolute atomic E-state index is 0.202. The highest BCUT2D eigenvalue weighted by atomic mass is 32.2. The van der Waals surface area contributed by atoms with E-state index in [1.165, 1.54) is 0 Å². The Kier molecular flexibility index (Phi) is 3.75. The quantitative estimate of drug-likeness (QED) is 0.627. The third kappa shape index (κ3) is 2.91. The summed E-state index contributed by atoms with van der Waals surface area (Å²) >= 11 is 1.11. The first kappa shape index (κ1) is 10.8. The molecule has 0 aliphatic carbocycles. The van der Waals surface area contributed by atoms with Gasteiger partial charge in [0.15, 0.2) is 0 Å². The molecule has 78 valence electrons. The number of nitrogen functional groups attached to an aromatic ring is 1. The number of carboxylic acids is 1. The average molecular weight is 216 g/mol. The van der Waals surface area contributed by atoms with Crippen molar-refractivity contribution in [2.45, 2.75) is 30.2 Å². The zero-order valence-electron chi connectivity index (χ0n) is 7.73. The van der Waals surface area contributed by atoms with Crippen molar-refractivity contribution >= 4 is 23.7 Å². The Morgan fingerprint density at radius 3 is 2.93 bits per heavy atom. The van der Waals surface area contributed by atoms with Crippen LogP contribution in [-0.2, 0) is 4.79 Å². The Balaban J connectivity index is 2.59. The number of carboxylic acid groups (broad SMARTS) is 1. The van der Waals surface area contributed by atoms with Crippen LogP contribution in [0.15, 0.2) is 5.16 Å². The maximum Gasteiger partial charge on any atom is 0.317 e. The van der Waals surface area contributed by atoms with Gasteiger partial charge in [-0.25, -0.2) is 5.10 Å². The molecular formula is C7H12N4O2S. The molecule has 1 atom stereocenters. The van der Waals surface area contributed by atoms with Gasteiger partial charge in [0, 0.05) is 0 Å². The second-order valence-corrected chi connectivity index (χ2v) is 3.91. The fraction of sp³-hybridized carbons (Fsp3) is 0.571. The van der Waals surface area contributed by atoms with Crippen LogP contribution >= 0.6 is 11.8 Å². The summed E-state index contributed by atoms with van der Waals surface area (Å²) in [6, 6.07) is 0. The summed E-state index contributed by atoms with van der Waals surface area (Å²) in [7, 11) is 0. The molecule has 0 saturated carbocycles. The second kappa shape index (κ2) is 4.85. The predicted molar refractivity (Wildman–Crippen MR) is 53.0 cm³/mol. The molecule has 1 aromatic heterocycles. The molecule has 14 heavy (non-hydrogen) atoms. The number of aromatic amines is 1. The zero-order chi connectivity index (χ0) is 10.6. The lowest BCUT2D eigenvalue weighted by Gasteiger charge is -2.06. The van der Waals surface area contributed by atoms with Crippen molar-refractivity contribution in [3.05, 3.63) is 0 Å². The van der Waals surface area contributed by atoms with Gasteiger partial charge in [0.2, 0.25) is 11.1 Å². The van der Waals surface area contributed by atoms with Gasteiger partial charge in [-0.05, 0) is 6.42 Å². The van der Waals surface area contributed by atoms with Gasteiger partial charge in [-0.2, -0.15) is 4.98 Å². The highest BCUT2D eigenvalue weighted by Crippen LogP contribution is 2.23. The number of nitrogens with zero attached hydrogens (tertiary/aromatic N) is 2. The summed E-state index contributed by atoms with van der Waals surface area (Å²) < 4.78 is 0. The van der Waals surface area contributed by atoms with Crippen LogP contribution in [0.3, 0.4) is 0 Å². The highest BCUT2D eigenvalue weighted by Gasteiger charge is 2.19. The first-order valence-electron chi connectivity index (χ1n) is 4.20. The number of aromatic nitrogens is 3. The lowest BCUT2D eigenvalue weighted by Crippen LogP contribution is -2.15. The van der Waals surface area contributed by atoms with Crippen LogP contribution in [0.4, 0.5) is 5.95 Å². The Morgan fingerprint density at radius 2 is 2.50 bits per heavy atom. The van der Waals surface area contributed by atoms with E-state index in [9.17, 15) is 4.79 Å². The number of aliphatic carboxylic acids is 1. The Labute approximate surface area is 85.3 Å². The third-order valence-electron chi connectivity index (χ3n) is 1.56. The number of thioether (sulfide) groups is 1. The van der Waals surface area contributed by atoms with Gasteiger partial charge in [0.1, 0.15) is 5.25 Å². The summed E-state index contributed by atoms with van der Waals surface area (Å²) in [6.45, 7) is 1.93. The van der Waals surface area contributed by atoms with Crippen molar-refractivity contribution in [3.8, 4) is 0 Å². The Bertz CT molecular complexity index is 314. The predicted octanol–water partition coefficient (Wildman–Crippen LogP) is 0.732. The summed E-state index contributed by atoms with van der Waals surface area (Å²) in [6.07, 6.45) is 1.40. The van der Waals surface area contributed by atoms with Crippen LogP contribution < -0.4 is 5.73 Å². The molecule has 1 heterocycles. The van der Waals surface area contributed by atoms with Crippen molar-refractivity contribution in [1.82, 2.24) is 15.2 Å². The maximum atomic E-state index is 10.8. The van der Waals surface area contributed by atoms with Crippen LogP contribution in [0.1, 0.15) is 19.8 Å². The van der Waals surface area contributed by atoms with Crippen molar-refractivity contribution in [2.75, 3.05) is 5.73 Å². The van der Waals surface area contributed by atoms with E-state index in [0.717, 1.165) is 18.2 Å². The topological polar surface area (TPSA) is 105 Å². The van der Waals surface area contributed by atoms with E-state index in [4.69, 9.17) is 10.8 Å². The highest BCUT2D eigenvalue weighted by molar-refractivity contribution is 8.00. The van der Waals surface area contributed by atoms with Crippen LogP contribution in [0.25, 0.3) is 0 Å². The molecule has 6 nitrogen and oxygen atoms in total. The fourth-order valence-corrected chi connectivity index (χ4v) is 1.89. The smallest absolute Gasteiger partial charge is 0.317 e. The van der Waals surface area contributed by atoms with Crippen molar-refractivity contribution < 1.29 is 9.90 Å². The Morgan fingerprint density at radius 1 is 1.79 bits per heavy atom. The standard InChI is InChI=1S/C7H12N4O2S/c1-2-3-4(5(12)13)14-7-9-6(8)10-11-7/h4H,2-3H2,1H3,(H,12,13)(H3,8,9,10,11). The number of hydrogen-bond acceptors (Lipinski definition) is 5. The molecule has 4 N–H and O–H groups in total. The lowest BCUT2D eigenvalue weighted by atomic mass is 10.2. The summed E-state index contributed by atoms with van der Waals surface area (Å²) in [5.74, 6) is -0.645. The second-order valence-electron chi connectivity index (χ2n) is 2.74. The van der Waals surface area contributed by atoms with Crippen molar-refractivity contribution in [1.29, 1.82) is 0 Å². The number of carbonyl (C=O) groups is 1. The van der Waals surface area contributed by atoms with Crippen molar-refractivity contribution in [2.24, 2.45) is 0 Å². The van der Waals surface area contributed by atoms with Crippen LogP contribution in [-0.4, -0.2) is 31.5 Å². The minimum Gasteiger partial charge on any atom is -0.480 e. The molecule has 0 saturated heterocycles. The van der Waals surface area contributed by atoms with Crippen LogP contribution in [0.2, 0.25) is 0 Å². The Hall–Kier alpha value is -1.24. The molecule has 0 amide bonds. The molecular weight excluding hydrogens is 204 g/mol. The number of rotatable bonds is 5. The number of nitrogens with two attached hydrogens (primary N) is 1. The van der Waals surface area contributed by atoms with E-state index >= 15 is 0 Å². The molecule has 0 spiro atoms. The normalized spacial score (nSPS) is 12.6. The summed E-state index contributed by atoms with van der Waals surface area (Å²) in [5.41, 5.74) is 5.31. The van der Waals surface area contributed by atoms with E-state index in [0.29, 0.717) is 11.6 Å². The van der Waals surface area contributed by atoms with Gasteiger partial charge < -0.3 is 10.8 Å². The molecule has 0 aliphatic rings. The van der Waals surface area contributed by atoms with Crippen molar-refractivity contribution in [3.63, 3.8) is 0 Å². The van der Waals surface area contributed by atoms with E-state index in [1.54, 1.807) is 0 Å². The third-order valence-corrected chi connectivity index (χ3v) is 2.67. The van der Waals surface area contributed by atoms with Gasteiger partial charge in [-0.3, -0.25) is 4.79 Å². The number of hydrogen-bond donors (Lipinski definition) is 3. The van der Waals surface area contributed by atoms with Crippen LogP contribution in [0, 0.1) is 0 Å². The number of anilines is 1. The van der Waals surface area contributed by atoms with Gasteiger partial charge >= 0.3 is 5.97 Å². The fourth-order valence-electron chi connectivity index (χ4n) is 0.933. The largest absolute Gasteiger partial charge is 0.480 e. The molecule has 1 aromatic rings. The molecule has 1 rings (SSSR count). The summed E-state index contributed by atoms with van der Waals surface area (Å²) in [5, 5.41) is 14.9. The molecule has 7 heteroatoms. The maximum absolute atomic E-state index is 10.8. The van der Waals surface area contributed by atoms with Crippen LogP contribution in [0.5, 0.6) is 0 Å². The van der Waals surface area contributed by atoms with E-state index < -0.39 is 11.2 Å². The molecule has 1 unspecified atom stereocenters. The number of H-pyrrole nitrogens is 1. The summed E-state index contributed by atoms with van der Waals surface area (Å²) in [4.78, 5) is 14.6. The van der Waals surface area contributed by atoms with Gasteiger partial charge in [0.25, 0.3) is 0 Å². The average Bonchev–Trinajstić information content (AvgIpc) is 2.50. The monoisotopic (exact) mass is 216 g/mol. The molecule has 0 radical (unpaired) electrons. The SMILES string of the molecule is CCCC(Sc1n[nH]c(N)n1)C(=O)O.